The van der Waals surface area contributed by atoms with Crippen LogP contribution in [0, 0.1) is 11.7 Å². The molecule has 1 N–H and O–H groups in total. The molecule has 5 heteroatoms. The SMILES string of the molecule is CN1CCC2CCCN(c3cc(-c4cc(=O)[nH]c5ccccc45)ccc3F)C21. The van der Waals surface area contributed by atoms with Crippen molar-refractivity contribution in [2.24, 2.45) is 5.92 Å². The van der Waals surface area contributed by atoms with Crippen LogP contribution in [0.5, 0.6) is 0 Å². The number of benzene rings is 2. The quantitative estimate of drug-likeness (QED) is 0.727. The number of H-pyrrole nitrogens is 1. The van der Waals surface area contributed by atoms with E-state index >= 15 is 0 Å². The van der Waals surface area contributed by atoms with Crippen molar-refractivity contribution in [3.05, 3.63) is 64.7 Å². The van der Waals surface area contributed by atoms with Crippen molar-refractivity contribution < 1.29 is 4.39 Å². The molecule has 3 aromatic rings. The minimum atomic E-state index is -0.196. The first kappa shape index (κ1) is 17.4. The molecule has 0 amide bonds. The average molecular weight is 377 g/mol. The van der Waals surface area contributed by atoms with E-state index < -0.39 is 0 Å². The van der Waals surface area contributed by atoms with Crippen LogP contribution in [0.1, 0.15) is 19.3 Å². The van der Waals surface area contributed by atoms with E-state index in [1.165, 1.54) is 12.8 Å². The van der Waals surface area contributed by atoms with Crippen LogP contribution in [0.4, 0.5) is 10.1 Å². The predicted molar refractivity (Wildman–Crippen MR) is 111 cm³/mol. The highest BCUT2D eigenvalue weighted by molar-refractivity contribution is 5.94. The van der Waals surface area contributed by atoms with Crippen LogP contribution in [0.2, 0.25) is 0 Å². The number of likely N-dealkylation sites (tertiary alicyclic amines) is 1. The molecule has 1 aromatic heterocycles. The van der Waals surface area contributed by atoms with Crippen LogP contribution < -0.4 is 10.5 Å². The topological polar surface area (TPSA) is 39.3 Å². The third-order valence-corrected chi connectivity index (χ3v) is 6.34. The molecule has 28 heavy (non-hydrogen) atoms. The van der Waals surface area contributed by atoms with Gasteiger partial charge in [0.05, 0.1) is 11.9 Å². The van der Waals surface area contributed by atoms with Gasteiger partial charge in [-0.2, -0.15) is 0 Å². The third kappa shape index (κ3) is 2.81. The minimum Gasteiger partial charge on any atom is -0.353 e. The van der Waals surface area contributed by atoms with Crippen molar-refractivity contribution in [2.45, 2.75) is 25.4 Å². The second-order valence-electron chi connectivity index (χ2n) is 8.04. The lowest BCUT2D eigenvalue weighted by atomic mass is 9.93. The number of hydrogen-bond acceptors (Lipinski definition) is 3. The van der Waals surface area contributed by atoms with Crippen LogP contribution in [0.15, 0.2) is 53.3 Å². The van der Waals surface area contributed by atoms with Crippen molar-refractivity contribution in [3.63, 3.8) is 0 Å². The zero-order valence-corrected chi connectivity index (χ0v) is 16.0. The lowest BCUT2D eigenvalue weighted by Crippen LogP contribution is -2.50. The number of aromatic amines is 1. The fourth-order valence-corrected chi connectivity index (χ4v) is 5.06. The number of aromatic nitrogens is 1. The third-order valence-electron chi connectivity index (χ3n) is 6.34. The van der Waals surface area contributed by atoms with Gasteiger partial charge in [-0.25, -0.2) is 4.39 Å². The number of nitrogens with zero attached hydrogens (tertiary/aromatic N) is 2. The Labute approximate surface area is 163 Å². The van der Waals surface area contributed by atoms with Gasteiger partial charge < -0.3 is 9.88 Å². The summed E-state index contributed by atoms with van der Waals surface area (Å²) in [4.78, 5) is 19.6. The average Bonchev–Trinajstić information content (AvgIpc) is 3.09. The summed E-state index contributed by atoms with van der Waals surface area (Å²) in [5.74, 6) is 0.404. The Morgan fingerprint density at radius 2 is 1.93 bits per heavy atom. The Bertz CT molecular complexity index is 1090. The molecule has 0 spiro atoms. The molecule has 4 nitrogen and oxygen atoms in total. The van der Waals surface area contributed by atoms with Crippen molar-refractivity contribution in [3.8, 4) is 11.1 Å². The highest BCUT2D eigenvalue weighted by Gasteiger charge is 2.39. The number of anilines is 1. The number of rotatable bonds is 2. The van der Waals surface area contributed by atoms with Crippen molar-refractivity contribution >= 4 is 16.6 Å². The number of halogens is 1. The summed E-state index contributed by atoms with van der Waals surface area (Å²) in [6.07, 6.45) is 3.74. The maximum atomic E-state index is 14.9. The molecule has 2 aliphatic rings. The molecule has 0 saturated carbocycles. The first-order chi connectivity index (χ1) is 13.6. The number of hydrogen-bond donors (Lipinski definition) is 1. The van der Waals surface area contributed by atoms with Gasteiger partial charge in [-0.3, -0.25) is 9.69 Å². The fraction of sp³-hybridized carbons (Fsp3) is 0.348. The molecule has 0 bridgehead atoms. The van der Waals surface area contributed by atoms with Gasteiger partial charge in [0.25, 0.3) is 0 Å². The molecular formula is C23H24FN3O. The molecule has 0 radical (unpaired) electrons. The molecule has 5 rings (SSSR count). The molecule has 0 aliphatic carbocycles. The van der Waals surface area contributed by atoms with Gasteiger partial charge in [0.1, 0.15) is 5.82 Å². The van der Waals surface area contributed by atoms with Crippen molar-refractivity contribution in [2.75, 3.05) is 25.0 Å². The number of fused-ring (bicyclic) bond motifs is 2. The molecule has 2 unspecified atom stereocenters. The molecular weight excluding hydrogens is 353 g/mol. The number of para-hydroxylation sites is 1. The molecule has 144 valence electrons. The van der Waals surface area contributed by atoms with E-state index in [4.69, 9.17) is 0 Å². The van der Waals surface area contributed by atoms with E-state index in [0.29, 0.717) is 11.6 Å². The van der Waals surface area contributed by atoms with Crippen molar-refractivity contribution in [1.29, 1.82) is 0 Å². The van der Waals surface area contributed by atoms with E-state index in [-0.39, 0.29) is 17.5 Å². The van der Waals surface area contributed by atoms with Gasteiger partial charge in [-0.1, -0.05) is 24.3 Å². The summed E-state index contributed by atoms with van der Waals surface area (Å²) in [6.45, 7) is 1.92. The summed E-state index contributed by atoms with van der Waals surface area (Å²) in [5, 5.41) is 0.967. The van der Waals surface area contributed by atoms with Gasteiger partial charge >= 0.3 is 0 Å². The van der Waals surface area contributed by atoms with Crippen LogP contribution >= 0.6 is 0 Å². The molecule has 2 aliphatic heterocycles. The lowest BCUT2D eigenvalue weighted by molar-refractivity contribution is 0.226. The molecule has 2 fully saturated rings. The largest absolute Gasteiger partial charge is 0.353 e. The van der Waals surface area contributed by atoms with Crippen LogP contribution in [0.25, 0.3) is 22.0 Å². The smallest absolute Gasteiger partial charge is 0.249 e. The summed E-state index contributed by atoms with van der Waals surface area (Å²) in [6, 6.07) is 14.6. The van der Waals surface area contributed by atoms with E-state index in [1.807, 2.05) is 30.3 Å². The summed E-state index contributed by atoms with van der Waals surface area (Å²) < 4.78 is 14.9. The summed E-state index contributed by atoms with van der Waals surface area (Å²) >= 11 is 0. The first-order valence-corrected chi connectivity index (χ1v) is 10.0. The zero-order valence-electron chi connectivity index (χ0n) is 16.0. The van der Waals surface area contributed by atoms with Crippen LogP contribution in [-0.4, -0.2) is 36.2 Å². The second kappa shape index (κ2) is 6.74. The van der Waals surface area contributed by atoms with Crippen molar-refractivity contribution in [1.82, 2.24) is 9.88 Å². The molecule has 2 saturated heterocycles. The Hall–Kier alpha value is -2.66. The van der Waals surface area contributed by atoms with E-state index in [9.17, 15) is 9.18 Å². The standard InChI is InChI=1S/C23H24FN3O/c1-26-12-10-15-5-4-11-27(23(15)26)21-13-16(8-9-19(21)24)18-14-22(28)25-20-7-3-2-6-17(18)20/h2-3,6-9,13-15,23H,4-5,10-12H2,1H3,(H,25,28). The van der Waals surface area contributed by atoms with Crippen LogP contribution in [0.3, 0.4) is 0 Å². The number of nitrogens with one attached hydrogen (secondary N) is 1. The minimum absolute atomic E-state index is 0.145. The highest BCUT2D eigenvalue weighted by Crippen LogP contribution is 2.39. The van der Waals surface area contributed by atoms with Crippen LogP contribution in [-0.2, 0) is 0 Å². The predicted octanol–water partition coefficient (Wildman–Crippen LogP) is 4.21. The second-order valence-corrected chi connectivity index (χ2v) is 8.04. The Morgan fingerprint density at radius 1 is 1.07 bits per heavy atom. The van der Waals surface area contributed by atoms with Gasteiger partial charge in [0.15, 0.2) is 0 Å². The summed E-state index contributed by atoms with van der Waals surface area (Å²) in [7, 11) is 2.13. The molecule has 3 heterocycles. The molecule has 2 atom stereocenters. The van der Waals surface area contributed by atoms with E-state index in [0.717, 1.165) is 41.5 Å². The van der Waals surface area contributed by atoms with Gasteiger partial charge in [0, 0.05) is 30.1 Å². The maximum Gasteiger partial charge on any atom is 0.249 e. The normalized spacial score (nSPS) is 22.6. The maximum absolute atomic E-state index is 14.9. The number of piperidine rings is 1. The lowest BCUT2D eigenvalue weighted by Gasteiger charge is -2.42. The monoisotopic (exact) mass is 377 g/mol. The first-order valence-electron chi connectivity index (χ1n) is 10.0. The van der Waals surface area contributed by atoms with E-state index in [2.05, 4.69) is 21.8 Å². The Balaban J connectivity index is 1.64. The number of pyridine rings is 1. The highest BCUT2D eigenvalue weighted by atomic mass is 19.1. The Morgan fingerprint density at radius 3 is 2.82 bits per heavy atom. The van der Waals surface area contributed by atoms with Gasteiger partial charge in [0.2, 0.25) is 5.56 Å². The summed E-state index contributed by atoms with van der Waals surface area (Å²) in [5.41, 5.74) is 3.01. The zero-order chi connectivity index (χ0) is 19.3. The molecule has 2 aromatic carbocycles. The van der Waals surface area contributed by atoms with Gasteiger partial charge in [-0.15, -0.1) is 0 Å². The Kier molecular flexibility index (Phi) is 4.20. The van der Waals surface area contributed by atoms with Gasteiger partial charge in [-0.05, 0) is 61.6 Å². The van der Waals surface area contributed by atoms with E-state index in [1.54, 1.807) is 18.2 Å². The fourth-order valence-electron chi connectivity index (χ4n) is 5.06.